The zero-order chi connectivity index (χ0) is 12.3. The van der Waals surface area contributed by atoms with Gasteiger partial charge in [-0.2, -0.15) is 5.10 Å². The summed E-state index contributed by atoms with van der Waals surface area (Å²) >= 11 is 0. The van der Waals surface area contributed by atoms with Crippen molar-refractivity contribution in [3.8, 4) is 0 Å². The first kappa shape index (κ1) is 11.2. The van der Waals surface area contributed by atoms with Gasteiger partial charge in [0.05, 0.1) is 12.6 Å². The van der Waals surface area contributed by atoms with Gasteiger partial charge in [0, 0.05) is 11.3 Å². The SMILES string of the molecule is Cc1cn[nH]c1NC(=O)Cc1ccccc1N. The lowest BCUT2D eigenvalue weighted by molar-refractivity contribution is -0.115. The molecular formula is C12H14N4O. The molecule has 0 aliphatic heterocycles. The Kier molecular flexibility index (Phi) is 3.09. The molecule has 1 amide bonds. The molecule has 5 heteroatoms. The molecule has 1 aromatic heterocycles. The minimum absolute atomic E-state index is 0.116. The van der Waals surface area contributed by atoms with Crippen LogP contribution in [0.5, 0.6) is 0 Å². The fourth-order valence-electron chi connectivity index (χ4n) is 1.52. The van der Waals surface area contributed by atoms with E-state index >= 15 is 0 Å². The van der Waals surface area contributed by atoms with Gasteiger partial charge in [-0.1, -0.05) is 18.2 Å². The van der Waals surface area contributed by atoms with Gasteiger partial charge in [-0.3, -0.25) is 9.89 Å². The van der Waals surface area contributed by atoms with Crippen molar-refractivity contribution in [1.82, 2.24) is 10.2 Å². The van der Waals surface area contributed by atoms with Crippen molar-refractivity contribution < 1.29 is 4.79 Å². The van der Waals surface area contributed by atoms with Gasteiger partial charge in [0.1, 0.15) is 5.82 Å². The van der Waals surface area contributed by atoms with Gasteiger partial charge in [0.2, 0.25) is 5.91 Å². The largest absolute Gasteiger partial charge is 0.398 e. The average Bonchev–Trinajstić information content (AvgIpc) is 2.68. The van der Waals surface area contributed by atoms with Gasteiger partial charge in [0.15, 0.2) is 0 Å². The van der Waals surface area contributed by atoms with Crippen LogP contribution in [0.1, 0.15) is 11.1 Å². The number of hydrogen-bond acceptors (Lipinski definition) is 3. The van der Waals surface area contributed by atoms with Crippen LogP contribution in [0.25, 0.3) is 0 Å². The predicted molar refractivity (Wildman–Crippen MR) is 66.5 cm³/mol. The second kappa shape index (κ2) is 4.69. The molecule has 0 aliphatic rings. The summed E-state index contributed by atoms with van der Waals surface area (Å²) in [4.78, 5) is 11.8. The number of nitrogens with one attached hydrogen (secondary N) is 2. The first-order valence-electron chi connectivity index (χ1n) is 5.30. The van der Waals surface area contributed by atoms with E-state index in [9.17, 15) is 4.79 Å². The fourth-order valence-corrected chi connectivity index (χ4v) is 1.52. The van der Waals surface area contributed by atoms with E-state index in [2.05, 4.69) is 15.5 Å². The van der Waals surface area contributed by atoms with Gasteiger partial charge in [-0.25, -0.2) is 0 Å². The Morgan fingerprint density at radius 2 is 2.24 bits per heavy atom. The Bertz CT molecular complexity index is 533. The number of hydrogen-bond donors (Lipinski definition) is 3. The second-order valence-electron chi connectivity index (χ2n) is 3.85. The summed E-state index contributed by atoms with van der Waals surface area (Å²) in [5.74, 6) is 0.514. The van der Waals surface area contributed by atoms with Crippen molar-refractivity contribution in [2.45, 2.75) is 13.3 Å². The van der Waals surface area contributed by atoms with Crippen molar-refractivity contribution in [3.63, 3.8) is 0 Å². The van der Waals surface area contributed by atoms with Crippen molar-refractivity contribution >= 4 is 17.4 Å². The number of nitrogens with zero attached hydrogens (tertiary/aromatic N) is 1. The molecule has 0 fully saturated rings. The van der Waals surface area contributed by atoms with Crippen LogP contribution in [0, 0.1) is 6.92 Å². The van der Waals surface area contributed by atoms with Gasteiger partial charge in [-0.15, -0.1) is 0 Å². The summed E-state index contributed by atoms with van der Waals surface area (Å²) in [6, 6.07) is 7.33. The Morgan fingerprint density at radius 1 is 1.47 bits per heavy atom. The molecule has 0 saturated heterocycles. The third-order valence-electron chi connectivity index (χ3n) is 2.50. The maximum Gasteiger partial charge on any atom is 0.230 e. The minimum Gasteiger partial charge on any atom is -0.398 e. The lowest BCUT2D eigenvalue weighted by Crippen LogP contribution is -2.16. The molecule has 0 bridgehead atoms. The summed E-state index contributed by atoms with van der Waals surface area (Å²) in [5, 5.41) is 9.31. The Morgan fingerprint density at radius 3 is 2.88 bits per heavy atom. The molecule has 5 nitrogen and oxygen atoms in total. The number of nitrogen functional groups attached to an aromatic ring is 1. The van der Waals surface area contributed by atoms with Gasteiger partial charge < -0.3 is 11.1 Å². The van der Waals surface area contributed by atoms with Crippen LogP contribution >= 0.6 is 0 Å². The molecule has 1 aromatic carbocycles. The highest BCUT2D eigenvalue weighted by Crippen LogP contribution is 2.13. The number of anilines is 2. The van der Waals surface area contributed by atoms with E-state index in [4.69, 9.17) is 5.73 Å². The molecule has 1 heterocycles. The Hall–Kier alpha value is -2.30. The molecule has 2 rings (SSSR count). The molecule has 4 N–H and O–H groups in total. The molecule has 2 aromatic rings. The minimum atomic E-state index is -0.116. The van der Waals surface area contributed by atoms with Gasteiger partial charge >= 0.3 is 0 Å². The van der Waals surface area contributed by atoms with Crippen LogP contribution in [-0.4, -0.2) is 16.1 Å². The Labute approximate surface area is 99.0 Å². The van der Waals surface area contributed by atoms with Crippen molar-refractivity contribution in [1.29, 1.82) is 0 Å². The van der Waals surface area contributed by atoms with Crippen molar-refractivity contribution in [2.75, 3.05) is 11.1 Å². The molecule has 0 atom stereocenters. The van der Waals surface area contributed by atoms with Gasteiger partial charge in [0.25, 0.3) is 0 Å². The van der Waals surface area contributed by atoms with Crippen LogP contribution in [0.2, 0.25) is 0 Å². The highest BCUT2D eigenvalue weighted by atomic mass is 16.1. The number of amides is 1. The molecule has 0 unspecified atom stereocenters. The number of carbonyl (C=O) groups is 1. The molecule has 0 radical (unpaired) electrons. The second-order valence-corrected chi connectivity index (χ2v) is 3.85. The van der Waals surface area contributed by atoms with Crippen molar-refractivity contribution in [3.05, 3.63) is 41.6 Å². The van der Waals surface area contributed by atoms with E-state index in [0.29, 0.717) is 11.5 Å². The number of aryl methyl sites for hydroxylation is 1. The molecule has 0 aliphatic carbocycles. The number of H-pyrrole nitrogens is 1. The van der Waals surface area contributed by atoms with Crippen LogP contribution < -0.4 is 11.1 Å². The summed E-state index contributed by atoms with van der Waals surface area (Å²) in [5.41, 5.74) is 8.12. The normalized spacial score (nSPS) is 10.2. The zero-order valence-corrected chi connectivity index (χ0v) is 9.53. The van der Waals surface area contributed by atoms with E-state index in [-0.39, 0.29) is 12.3 Å². The van der Waals surface area contributed by atoms with Gasteiger partial charge in [-0.05, 0) is 18.6 Å². The monoisotopic (exact) mass is 230 g/mol. The van der Waals surface area contributed by atoms with Crippen LogP contribution in [-0.2, 0) is 11.2 Å². The van der Waals surface area contributed by atoms with E-state index in [0.717, 1.165) is 11.1 Å². The van der Waals surface area contributed by atoms with Crippen molar-refractivity contribution in [2.24, 2.45) is 0 Å². The van der Waals surface area contributed by atoms with Crippen LogP contribution in [0.15, 0.2) is 30.5 Å². The highest BCUT2D eigenvalue weighted by Gasteiger charge is 2.08. The number of aromatic amines is 1. The zero-order valence-electron chi connectivity index (χ0n) is 9.53. The smallest absolute Gasteiger partial charge is 0.230 e. The number of benzene rings is 1. The molecule has 17 heavy (non-hydrogen) atoms. The van der Waals surface area contributed by atoms with Crippen LogP contribution in [0.4, 0.5) is 11.5 Å². The van der Waals surface area contributed by atoms with Crippen LogP contribution in [0.3, 0.4) is 0 Å². The summed E-state index contributed by atoms with van der Waals surface area (Å²) < 4.78 is 0. The molecule has 0 spiro atoms. The maximum atomic E-state index is 11.8. The average molecular weight is 230 g/mol. The van der Waals surface area contributed by atoms with E-state index in [1.807, 2.05) is 25.1 Å². The quantitative estimate of drug-likeness (QED) is 0.698. The van der Waals surface area contributed by atoms with E-state index in [1.54, 1.807) is 12.3 Å². The molecular weight excluding hydrogens is 216 g/mol. The number of para-hydroxylation sites is 1. The third-order valence-corrected chi connectivity index (χ3v) is 2.50. The molecule has 0 saturated carbocycles. The first-order chi connectivity index (χ1) is 8.16. The topological polar surface area (TPSA) is 83.8 Å². The number of carbonyl (C=O) groups excluding carboxylic acids is 1. The summed E-state index contributed by atoms with van der Waals surface area (Å²) in [7, 11) is 0. The first-order valence-corrected chi connectivity index (χ1v) is 5.30. The maximum absolute atomic E-state index is 11.8. The highest BCUT2D eigenvalue weighted by molar-refractivity contribution is 5.92. The number of nitrogens with two attached hydrogens (primary N) is 1. The molecule has 88 valence electrons. The number of rotatable bonds is 3. The summed E-state index contributed by atoms with van der Waals surface area (Å²) in [6.45, 7) is 1.87. The lowest BCUT2D eigenvalue weighted by atomic mass is 10.1. The van der Waals surface area contributed by atoms with E-state index in [1.165, 1.54) is 0 Å². The van der Waals surface area contributed by atoms with E-state index < -0.39 is 0 Å². The standard InChI is InChI=1S/C12H14N4O/c1-8-7-14-16-12(8)15-11(17)6-9-4-2-3-5-10(9)13/h2-5,7H,6,13H2,1H3,(H2,14,15,16,17). The Balaban J connectivity index is 2.03. The lowest BCUT2D eigenvalue weighted by Gasteiger charge is -2.06. The predicted octanol–water partition coefficient (Wildman–Crippen LogP) is 1.48. The fraction of sp³-hybridized carbons (Fsp3) is 0.167. The third kappa shape index (κ3) is 2.63. The summed E-state index contributed by atoms with van der Waals surface area (Å²) in [6.07, 6.45) is 1.91. The number of aromatic nitrogens is 2.